The topological polar surface area (TPSA) is 53.9 Å². The Morgan fingerprint density at radius 1 is 1.20 bits per heavy atom. The fourth-order valence-corrected chi connectivity index (χ4v) is 2.41. The Labute approximate surface area is 119 Å². The van der Waals surface area contributed by atoms with Crippen molar-refractivity contribution < 1.29 is 0 Å². The maximum atomic E-state index is 4.61. The lowest BCUT2D eigenvalue weighted by atomic mass is 10.3. The third kappa shape index (κ3) is 3.04. The second-order valence-electron chi connectivity index (χ2n) is 5.06. The Balaban J connectivity index is 1.72. The molecule has 2 aromatic rings. The molecule has 0 amide bonds. The number of aromatic nitrogens is 3. The zero-order valence-corrected chi connectivity index (χ0v) is 11.7. The lowest BCUT2D eigenvalue weighted by Gasteiger charge is -2.17. The summed E-state index contributed by atoms with van der Waals surface area (Å²) in [5.74, 6) is 1.70. The van der Waals surface area contributed by atoms with E-state index in [4.69, 9.17) is 0 Å². The van der Waals surface area contributed by atoms with E-state index in [9.17, 15) is 0 Å². The van der Waals surface area contributed by atoms with Gasteiger partial charge >= 0.3 is 0 Å². The van der Waals surface area contributed by atoms with Crippen LogP contribution in [0, 0.1) is 6.92 Å². The van der Waals surface area contributed by atoms with Crippen LogP contribution in [0.4, 0.5) is 11.8 Å². The summed E-state index contributed by atoms with van der Waals surface area (Å²) in [5.41, 5.74) is 1.98. The normalized spacial score (nSPS) is 14.6. The molecule has 5 nitrogen and oxygen atoms in total. The van der Waals surface area contributed by atoms with Crippen LogP contribution in [-0.2, 0) is 6.54 Å². The number of nitrogens with one attached hydrogen (secondary N) is 1. The molecular weight excluding hydrogens is 250 g/mol. The number of hydrogen-bond acceptors (Lipinski definition) is 5. The van der Waals surface area contributed by atoms with Gasteiger partial charge in [0.25, 0.3) is 0 Å². The van der Waals surface area contributed by atoms with Gasteiger partial charge in [0.1, 0.15) is 5.82 Å². The van der Waals surface area contributed by atoms with Crippen LogP contribution in [0.15, 0.2) is 30.5 Å². The van der Waals surface area contributed by atoms with Crippen molar-refractivity contribution >= 4 is 11.8 Å². The van der Waals surface area contributed by atoms with Gasteiger partial charge < -0.3 is 10.2 Å². The van der Waals surface area contributed by atoms with Gasteiger partial charge in [-0.25, -0.2) is 4.98 Å². The largest absolute Gasteiger partial charge is 0.356 e. The van der Waals surface area contributed by atoms with Crippen LogP contribution in [-0.4, -0.2) is 28.0 Å². The van der Waals surface area contributed by atoms with Gasteiger partial charge in [-0.05, 0) is 31.9 Å². The van der Waals surface area contributed by atoms with Gasteiger partial charge in [0.05, 0.1) is 12.2 Å². The molecule has 0 aliphatic carbocycles. The summed E-state index contributed by atoms with van der Waals surface area (Å²) in [6.07, 6.45) is 4.29. The van der Waals surface area contributed by atoms with E-state index in [0.29, 0.717) is 12.5 Å². The van der Waals surface area contributed by atoms with E-state index in [1.165, 1.54) is 12.8 Å². The Morgan fingerprint density at radius 2 is 2.05 bits per heavy atom. The number of rotatable bonds is 4. The summed E-state index contributed by atoms with van der Waals surface area (Å²) in [6.45, 7) is 4.84. The van der Waals surface area contributed by atoms with Crippen molar-refractivity contribution in [1.82, 2.24) is 15.0 Å². The first kappa shape index (κ1) is 12.8. The molecule has 0 bridgehead atoms. The maximum Gasteiger partial charge on any atom is 0.225 e. The van der Waals surface area contributed by atoms with Crippen molar-refractivity contribution in [2.24, 2.45) is 0 Å². The highest BCUT2D eigenvalue weighted by Gasteiger charge is 2.14. The lowest BCUT2D eigenvalue weighted by Crippen LogP contribution is -2.20. The molecule has 0 spiro atoms. The van der Waals surface area contributed by atoms with Crippen LogP contribution in [0.3, 0.4) is 0 Å². The summed E-state index contributed by atoms with van der Waals surface area (Å²) in [7, 11) is 0. The second-order valence-corrected chi connectivity index (χ2v) is 5.06. The first-order chi connectivity index (χ1) is 9.81. The molecule has 1 N–H and O–H groups in total. The first-order valence-electron chi connectivity index (χ1n) is 7.06. The van der Waals surface area contributed by atoms with E-state index in [-0.39, 0.29) is 0 Å². The summed E-state index contributed by atoms with van der Waals surface area (Å²) >= 11 is 0. The standard InChI is InChI=1S/C15H19N5/c1-12-10-14(20-8-4-5-9-20)19-15(18-12)17-11-13-6-2-3-7-16-13/h2-3,6-7,10H,4-5,8-9,11H2,1H3,(H,17,18,19). The molecule has 0 aromatic carbocycles. The second kappa shape index (κ2) is 5.86. The Hall–Kier alpha value is -2.17. The highest BCUT2D eigenvalue weighted by molar-refractivity contribution is 5.45. The van der Waals surface area contributed by atoms with E-state index in [1.54, 1.807) is 6.20 Å². The average Bonchev–Trinajstić information content (AvgIpc) is 3.00. The van der Waals surface area contributed by atoms with Gasteiger partial charge in [-0.2, -0.15) is 4.98 Å². The number of hydrogen-bond donors (Lipinski definition) is 1. The van der Waals surface area contributed by atoms with Crippen LogP contribution in [0.1, 0.15) is 24.2 Å². The van der Waals surface area contributed by atoms with Crippen molar-refractivity contribution in [3.05, 3.63) is 41.9 Å². The molecule has 0 saturated carbocycles. The molecule has 1 fully saturated rings. The number of nitrogens with zero attached hydrogens (tertiary/aromatic N) is 4. The molecule has 3 rings (SSSR count). The minimum Gasteiger partial charge on any atom is -0.356 e. The molecule has 3 heterocycles. The average molecular weight is 269 g/mol. The van der Waals surface area contributed by atoms with Gasteiger partial charge in [-0.15, -0.1) is 0 Å². The third-order valence-corrected chi connectivity index (χ3v) is 3.42. The monoisotopic (exact) mass is 269 g/mol. The SMILES string of the molecule is Cc1cc(N2CCCC2)nc(NCc2ccccn2)n1. The zero-order chi connectivity index (χ0) is 13.8. The van der Waals surface area contributed by atoms with E-state index < -0.39 is 0 Å². The number of pyridine rings is 1. The van der Waals surface area contributed by atoms with Gasteiger partial charge in [-0.1, -0.05) is 6.07 Å². The van der Waals surface area contributed by atoms with Crippen molar-refractivity contribution in [3.8, 4) is 0 Å². The number of aryl methyl sites for hydroxylation is 1. The van der Waals surface area contributed by atoms with E-state index in [0.717, 1.165) is 30.3 Å². The predicted molar refractivity (Wildman–Crippen MR) is 79.8 cm³/mol. The minimum atomic E-state index is 0.643. The van der Waals surface area contributed by atoms with Crippen LogP contribution < -0.4 is 10.2 Å². The van der Waals surface area contributed by atoms with Gasteiger partial charge in [0.2, 0.25) is 5.95 Å². The molecule has 2 aromatic heterocycles. The molecule has 0 atom stereocenters. The quantitative estimate of drug-likeness (QED) is 0.923. The molecule has 0 radical (unpaired) electrons. The van der Waals surface area contributed by atoms with E-state index in [1.807, 2.05) is 25.1 Å². The maximum absolute atomic E-state index is 4.61. The zero-order valence-electron chi connectivity index (χ0n) is 11.7. The Bertz CT molecular complexity index is 564. The number of anilines is 2. The van der Waals surface area contributed by atoms with Gasteiger partial charge in [-0.3, -0.25) is 4.98 Å². The van der Waals surface area contributed by atoms with Crippen molar-refractivity contribution in [3.63, 3.8) is 0 Å². The molecular formula is C15H19N5. The Kier molecular flexibility index (Phi) is 3.76. The molecule has 0 unspecified atom stereocenters. The summed E-state index contributed by atoms with van der Waals surface area (Å²) in [5, 5.41) is 3.25. The molecule has 1 saturated heterocycles. The van der Waals surface area contributed by atoms with Gasteiger partial charge in [0.15, 0.2) is 0 Å². The molecule has 1 aliphatic rings. The van der Waals surface area contributed by atoms with Crippen LogP contribution in [0.25, 0.3) is 0 Å². The summed E-state index contributed by atoms with van der Waals surface area (Å²) in [6, 6.07) is 7.94. The molecule has 1 aliphatic heterocycles. The van der Waals surface area contributed by atoms with E-state index >= 15 is 0 Å². The lowest BCUT2D eigenvalue weighted by molar-refractivity contribution is 0.911. The smallest absolute Gasteiger partial charge is 0.225 e. The highest BCUT2D eigenvalue weighted by atomic mass is 15.2. The van der Waals surface area contributed by atoms with Crippen LogP contribution in [0.5, 0.6) is 0 Å². The molecule has 20 heavy (non-hydrogen) atoms. The minimum absolute atomic E-state index is 0.643. The summed E-state index contributed by atoms with van der Waals surface area (Å²) < 4.78 is 0. The van der Waals surface area contributed by atoms with E-state index in [2.05, 4.69) is 31.2 Å². The Morgan fingerprint density at radius 3 is 2.80 bits per heavy atom. The van der Waals surface area contributed by atoms with Gasteiger partial charge in [0, 0.05) is 31.0 Å². The fraction of sp³-hybridized carbons (Fsp3) is 0.400. The third-order valence-electron chi connectivity index (χ3n) is 3.42. The van der Waals surface area contributed by atoms with Crippen molar-refractivity contribution in [1.29, 1.82) is 0 Å². The van der Waals surface area contributed by atoms with Crippen LogP contribution in [0.2, 0.25) is 0 Å². The predicted octanol–water partition coefficient (Wildman–Crippen LogP) is 2.39. The summed E-state index contributed by atoms with van der Waals surface area (Å²) in [4.78, 5) is 15.7. The van der Waals surface area contributed by atoms with Crippen molar-refractivity contribution in [2.45, 2.75) is 26.3 Å². The van der Waals surface area contributed by atoms with Crippen LogP contribution >= 0.6 is 0 Å². The first-order valence-corrected chi connectivity index (χ1v) is 7.06. The highest BCUT2D eigenvalue weighted by Crippen LogP contribution is 2.19. The van der Waals surface area contributed by atoms with Crippen molar-refractivity contribution in [2.75, 3.05) is 23.3 Å². The fourth-order valence-electron chi connectivity index (χ4n) is 2.41. The molecule has 5 heteroatoms. The molecule has 104 valence electrons.